The number of hydrogen-bond donors (Lipinski definition) is 1. The van der Waals surface area contributed by atoms with E-state index in [2.05, 4.69) is 9.88 Å². The average Bonchev–Trinajstić information content (AvgIpc) is 3.41. The molecular weight excluding hydrogens is 562 g/mol. The predicted molar refractivity (Wildman–Crippen MR) is 168 cm³/mol. The van der Waals surface area contributed by atoms with E-state index in [0.717, 1.165) is 38.9 Å². The second-order valence-corrected chi connectivity index (χ2v) is 10.2. The number of ether oxygens (including phenoxy) is 1. The number of amides is 4. The van der Waals surface area contributed by atoms with Crippen LogP contribution in [0.15, 0.2) is 121 Å². The van der Waals surface area contributed by atoms with E-state index in [-0.39, 0.29) is 5.57 Å². The molecule has 0 unspecified atom stereocenters. The predicted octanol–water partition coefficient (Wildman–Crippen LogP) is 7.53. The van der Waals surface area contributed by atoms with Gasteiger partial charge in [0, 0.05) is 16.3 Å². The van der Waals surface area contributed by atoms with Crippen molar-refractivity contribution in [3.63, 3.8) is 0 Å². The Kier molecular flexibility index (Phi) is 7.64. The van der Waals surface area contributed by atoms with Crippen molar-refractivity contribution in [3.05, 3.63) is 131 Å². The molecule has 4 aromatic carbocycles. The molecule has 5 aromatic rings. The normalized spacial score (nSPS) is 14.2. The van der Waals surface area contributed by atoms with Crippen LogP contribution in [0.4, 0.5) is 10.5 Å². The quantitative estimate of drug-likeness (QED) is 0.158. The first-order valence-corrected chi connectivity index (χ1v) is 14.1. The molecule has 0 radical (unpaired) electrons. The van der Waals surface area contributed by atoms with Gasteiger partial charge >= 0.3 is 6.03 Å². The molecule has 0 spiro atoms. The van der Waals surface area contributed by atoms with Gasteiger partial charge in [0.05, 0.1) is 23.7 Å². The Bertz CT molecular complexity index is 1850. The van der Waals surface area contributed by atoms with Crippen LogP contribution < -0.4 is 15.0 Å². The summed E-state index contributed by atoms with van der Waals surface area (Å²) in [7, 11) is 0. The number of nitrogens with zero attached hydrogens (tertiary/aromatic N) is 2. The van der Waals surface area contributed by atoms with Crippen LogP contribution in [0.5, 0.6) is 5.75 Å². The van der Waals surface area contributed by atoms with Crippen LogP contribution >= 0.6 is 11.6 Å². The Labute approximate surface area is 253 Å². The molecule has 0 saturated carbocycles. The van der Waals surface area contributed by atoms with Crippen molar-refractivity contribution in [2.75, 3.05) is 11.5 Å². The number of urea groups is 1. The minimum Gasteiger partial charge on any atom is -0.494 e. The van der Waals surface area contributed by atoms with Crippen LogP contribution in [0.25, 0.3) is 34.3 Å². The Hall–Kier alpha value is -5.40. The van der Waals surface area contributed by atoms with Crippen molar-refractivity contribution in [1.29, 1.82) is 0 Å². The molecule has 1 saturated heterocycles. The summed E-state index contributed by atoms with van der Waals surface area (Å²) in [5.74, 6) is -0.751. The maximum atomic E-state index is 13.7. The highest BCUT2D eigenvalue weighted by molar-refractivity contribution is 6.39. The summed E-state index contributed by atoms with van der Waals surface area (Å²) in [5.41, 5.74) is 5.05. The van der Waals surface area contributed by atoms with Gasteiger partial charge in [0.15, 0.2) is 0 Å². The Balaban J connectivity index is 1.57. The Morgan fingerprint density at radius 2 is 1.37 bits per heavy atom. The first-order valence-electron chi connectivity index (χ1n) is 13.7. The summed E-state index contributed by atoms with van der Waals surface area (Å²) < 4.78 is 7.77. The zero-order valence-electron chi connectivity index (χ0n) is 23.2. The fourth-order valence-electron chi connectivity index (χ4n) is 5.12. The van der Waals surface area contributed by atoms with Gasteiger partial charge in [0.2, 0.25) is 0 Å². The van der Waals surface area contributed by atoms with Gasteiger partial charge in [0.25, 0.3) is 11.8 Å². The van der Waals surface area contributed by atoms with Gasteiger partial charge in [-0.2, -0.15) is 0 Å². The lowest BCUT2D eigenvalue weighted by atomic mass is 10.0. The molecule has 8 heteroatoms. The number of barbiturate groups is 1. The highest BCUT2D eigenvalue weighted by Gasteiger charge is 2.37. The number of carbonyl (C=O) groups excluding carboxylic acids is 3. The van der Waals surface area contributed by atoms with Crippen molar-refractivity contribution in [1.82, 2.24) is 9.88 Å². The topological polar surface area (TPSA) is 80.6 Å². The van der Waals surface area contributed by atoms with E-state index in [1.807, 2.05) is 97.9 Å². The molecule has 0 aliphatic carbocycles. The van der Waals surface area contributed by atoms with E-state index in [0.29, 0.717) is 22.9 Å². The van der Waals surface area contributed by atoms with Crippen molar-refractivity contribution in [2.24, 2.45) is 0 Å². The number of benzene rings is 4. The SMILES string of the molecule is CCOc1ccc(-n2c(-c3ccccc3)cc(/C=C3\C(=O)NC(=O)N(c4ccc(Cl)cc4)C3=O)c2-c2ccccc2)cc1. The second kappa shape index (κ2) is 11.8. The molecule has 1 N–H and O–H groups in total. The van der Waals surface area contributed by atoms with Crippen LogP contribution in [-0.2, 0) is 9.59 Å². The minimum atomic E-state index is -0.824. The number of aromatic nitrogens is 1. The van der Waals surface area contributed by atoms with E-state index in [9.17, 15) is 14.4 Å². The maximum absolute atomic E-state index is 13.7. The number of nitrogens with one attached hydrogen (secondary N) is 1. The molecular formula is C35H26ClN3O4. The largest absolute Gasteiger partial charge is 0.494 e. The third-order valence-electron chi connectivity index (χ3n) is 7.04. The maximum Gasteiger partial charge on any atom is 0.335 e. The first kappa shape index (κ1) is 27.8. The lowest BCUT2D eigenvalue weighted by molar-refractivity contribution is -0.122. The molecule has 1 aliphatic rings. The number of rotatable bonds is 7. The monoisotopic (exact) mass is 587 g/mol. The molecule has 1 fully saturated rings. The summed E-state index contributed by atoms with van der Waals surface area (Å²) in [6.07, 6.45) is 1.55. The van der Waals surface area contributed by atoms with Crippen LogP contribution in [-0.4, -0.2) is 29.0 Å². The van der Waals surface area contributed by atoms with E-state index >= 15 is 0 Å². The molecule has 2 heterocycles. The van der Waals surface area contributed by atoms with E-state index in [1.165, 1.54) is 0 Å². The Morgan fingerprint density at radius 3 is 2.00 bits per heavy atom. The number of halogens is 1. The van der Waals surface area contributed by atoms with Gasteiger partial charge in [-0.1, -0.05) is 72.3 Å². The molecule has 43 heavy (non-hydrogen) atoms. The van der Waals surface area contributed by atoms with Crippen LogP contribution in [0.1, 0.15) is 12.5 Å². The van der Waals surface area contributed by atoms with Crippen molar-refractivity contribution >= 4 is 41.2 Å². The van der Waals surface area contributed by atoms with E-state index in [1.54, 1.807) is 30.3 Å². The van der Waals surface area contributed by atoms with E-state index < -0.39 is 17.8 Å². The third kappa shape index (κ3) is 5.46. The fraction of sp³-hybridized carbons (Fsp3) is 0.0571. The van der Waals surface area contributed by atoms with Gasteiger partial charge in [-0.3, -0.25) is 14.9 Å². The van der Waals surface area contributed by atoms with Gasteiger partial charge in [-0.25, -0.2) is 9.69 Å². The lowest BCUT2D eigenvalue weighted by Gasteiger charge is -2.26. The van der Waals surface area contributed by atoms with Gasteiger partial charge in [0.1, 0.15) is 11.3 Å². The van der Waals surface area contributed by atoms with E-state index in [4.69, 9.17) is 16.3 Å². The number of imide groups is 2. The zero-order chi connectivity index (χ0) is 29.9. The number of anilines is 1. The molecule has 0 atom stereocenters. The highest BCUT2D eigenvalue weighted by atomic mass is 35.5. The van der Waals surface area contributed by atoms with Crippen LogP contribution in [0.3, 0.4) is 0 Å². The number of hydrogen-bond acceptors (Lipinski definition) is 4. The molecule has 1 aromatic heterocycles. The standard InChI is InChI=1S/C35H26ClN3O4/c1-2-43-29-19-17-27(18-20-29)38-31(23-9-5-3-6-10-23)22-25(32(38)24-11-7-4-8-12-24)21-30-33(40)37-35(42)39(34(30)41)28-15-13-26(36)14-16-28/h3-22H,2H2,1H3,(H,37,40,42)/b30-21+. The van der Waals surface area contributed by atoms with Gasteiger partial charge in [-0.05, 0) is 78.7 Å². The van der Waals surface area contributed by atoms with Gasteiger partial charge < -0.3 is 9.30 Å². The lowest BCUT2D eigenvalue weighted by Crippen LogP contribution is -2.54. The third-order valence-corrected chi connectivity index (χ3v) is 7.29. The Morgan fingerprint density at radius 1 is 0.767 bits per heavy atom. The molecule has 4 amide bonds. The summed E-state index contributed by atoms with van der Waals surface area (Å²) in [6, 6.07) is 34.8. The number of carbonyl (C=O) groups is 3. The summed E-state index contributed by atoms with van der Waals surface area (Å²) in [4.78, 5) is 40.6. The second-order valence-electron chi connectivity index (χ2n) is 9.76. The van der Waals surface area contributed by atoms with Crippen molar-refractivity contribution in [2.45, 2.75) is 6.92 Å². The highest BCUT2D eigenvalue weighted by Crippen LogP contribution is 2.38. The van der Waals surface area contributed by atoms with Crippen molar-refractivity contribution < 1.29 is 19.1 Å². The van der Waals surface area contributed by atoms with Crippen molar-refractivity contribution in [3.8, 4) is 34.0 Å². The molecule has 7 nitrogen and oxygen atoms in total. The first-order chi connectivity index (χ1) is 20.9. The molecule has 6 rings (SSSR count). The molecule has 0 bridgehead atoms. The summed E-state index contributed by atoms with van der Waals surface area (Å²) in [5, 5.41) is 2.77. The molecule has 212 valence electrons. The summed E-state index contributed by atoms with van der Waals surface area (Å²) in [6.45, 7) is 2.49. The summed E-state index contributed by atoms with van der Waals surface area (Å²) >= 11 is 6.02. The minimum absolute atomic E-state index is 0.171. The molecule has 1 aliphatic heterocycles. The van der Waals surface area contributed by atoms with Gasteiger partial charge in [-0.15, -0.1) is 0 Å². The smallest absolute Gasteiger partial charge is 0.335 e. The fourth-order valence-corrected chi connectivity index (χ4v) is 5.24. The average molecular weight is 588 g/mol. The zero-order valence-corrected chi connectivity index (χ0v) is 23.9. The van der Waals surface area contributed by atoms with Crippen LogP contribution in [0, 0.1) is 0 Å². The van der Waals surface area contributed by atoms with Crippen LogP contribution in [0.2, 0.25) is 5.02 Å².